The van der Waals surface area contributed by atoms with Crippen LogP contribution >= 0.6 is 19.3 Å². The lowest BCUT2D eigenvalue weighted by Crippen LogP contribution is -2.37. The molecule has 0 unspecified atom stereocenters. The maximum absolute atomic E-state index is 12.0. The lowest BCUT2D eigenvalue weighted by atomic mass is 10.4. The van der Waals surface area contributed by atoms with E-state index in [2.05, 4.69) is 25.6 Å². The monoisotopic (exact) mass is 365 g/mol. The molecule has 0 bridgehead atoms. The zero-order valence-electron chi connectivity index (χ0n) is 12.4. The minimum atomic E-state index is -3.61. The molecule has 128 valence electrons. The minimum absolute atomic E-state index is 0.0930. The Morgan fingerprint density at radius 3 is 2.48 bits per heavy atom. The van der Waals surface area contributed by atoms with Crippen LogP contribution in [0.15, 0.2) is 4.76 Å². The highest BCUT2D eigenvalue weighted by Gasteiger charge is 2.21. The molecule has 0 aliphatic rings. The summed E-state index contributed by atoms with van der Waals surface area (Å²) in [5, 5.41) is -0.157. The van der Waals surface area contributed by atoms with Gasteiger partial charge >= 0.3 is 7.75 Å². The number of nitrogens with one attached hydrogen (secondary N) is 2. The molecule has 0 spiro atoms. The highest BCUT2D eigenvalue weighted by molar-refractivity contribution is 7.52. The Bertz CT molecular complexity index is 632. The molecule has 23 heavy (non-hydrogen) atoms. The zero-order chi connectivity index (χ0) is 17.5. The standard InChI is InChI=1S/C10H17ClN7O4P/c1-3-21-23(20,22-4-2)15-5-14-18-10(19)6-8(12)17-9(13)7(11)16-6/h5H,3-4H2,1-2H3,(H,18,19)(H4,12,13,17)(H,14,15,20). The third kappa shape index (κ3) is 5.64. The number of nitrogens with zero attached hydrogens (tertiary/aromatic N) is 3. The molecule has 0 atom stereocenters. The van der Waals surface area contributed by atoms with Crippen molar-refractivity contribution in [1.29, 1.82) is 0 Å². The lowest BCUT2D eigenvalue weighted by molar-refractivity contribution is 0.0940. The number of nitrogens with two attached hydrogens (primary N) is 2. The number of carbonyl (C=O) groups excluding carboxylic acids is 1. The van der Waals surface area contributed by atoms with Crippen LogP contribution in [-0.4, -0.2) is 35.4 Å². The summed E-state index contributed by atoms with van der Waals surface area (Å²) in [7, 11) is -3.61. The largest absolute Gasteiger partial charge is 0.455 e. The number of anilines is 2. The SMILES string of the molecule is CCOP(=O)(N=CNNC(=O)c1nc(Cl)c(N)nc1N)OCC. The Hall–Kier alpha value is -1.94. The predicted octanol–water partition coefficient (Wildman–Crippen LogP) is 0.738. The van der Waals surface area contributed by atoms with Gasteiger partial charge in [-0.15, -0.1) is 0 Å². The quantitative estimate of drug-likeness (QED) is 0.225. The Kier molecular flexibility index (Phi) is 7.17. The summed E-state index contributed by atoms with van der Waals surface area (Å²) in [5.41, 5.74) is 15.2. The number of hydrogen-bond donors (Lipinski definition) is 4. The van der Waals surface area contributed by atoms with Crippen LogP contribution in [0.3, 0.4) is 0 Å². The third-order valence-corrected chi connectivity index (χ3v) is 4.00. The van der Waals surface area contributed by atoms with Gasteiger partial charge in [-0.1, -0.05) is 11.6 Å². The van der Waals surface area contributed by atoms with Crippen LogP contribution in [0.1, 0.15) is 24.3 Å². The van der Waals surface area contributed by atoms with Crippen molar-refractivity contribution < 1.29 is 18.4 Å². The molecule has 0 saturated carbocycles. The molecular weight excluding hydrogens is 349 g/mol. The highest BCUT2D eigenvalue weighted by Crippen LogP contribution is 2.49. The van der Waals surface area contributed by atoms with E-state index < -0.39 is 13.7 Å². The van der Waals surface area contributed by atoms with E-state index in [1.165, 1.54) is 0 Å². The number of aromatic nitrogens is 2. The molecule has 13 heteroatoms. The van der Waals surface area contributed by atoms with Crippen molar-refractivity contribution in [1.82, 2.24) is 20.8 Å². The zero-order valence-corrected chi connectivity index (χ0v) is 14.1. The number of nitrogen functional groups attached to an aromatic ring is 2. The number of hydrogen-bond acceptors (Lipinski definition) is 8. The van der Waals surface area contributed by atoms with Gasteiger partial charge in [-0.3, -0.25) is 24.7 Å². The second-order valence-electron chi connectivity index (χ2n) is 3.78. The van der Waals surface area contributed by atoms with E-state index in [1.807, 2.05) is 0 Å². The third-order valence-electron chi connectivity index (χ3n) is 2.15. The van der Waals surface area contributed by atoms with Crippen molar-refractivity contribution in [2.75, 3.05) is 24.7 Å². The fraction of sp³-hybridized carbons (Fsp3) is 0.400. The molecule has 1 rings (SSSR count). The predicted molar refractivity (Wildman–Crippen MR) is 85.8 cm³/mol. The van der Waals surface area contributed by atoms with E-state index in [9.17, 15) is 9.36 Å². The summed E-state index contributed by atoms with van der Waals surface area (Å²) in [6.07, 6.45) is 0.951. The van der Waals surface area contributed by atoms with Gasteiger partial charge in [0.15, 0.2) is 22.5 Å². The molecule has 0 saturated heterocycles. The Balaban J connectivity index is 2.68. The Morgan fingerprint density at radius 1 is 1.30 bits per heavy atom. The molecule has 1 aromatic heterocycles. The first kappa shape index (κ1) is 19.1. The second kappa shape index (κ2) is 8.63. The van der Waals surface area contributed by atoms with Gasteiger partial charge < -0.3 is 11.5 Å². The molecule has 1 amide bonds. The van der Waals surface area contributed by atoms with Gasteiger partial charge in [0.05, 0.1) is 13.2 Å². The molecule has 6 N–H and O–H groups in total. The van der Waals surface area contributed by atoms with Crippen molar-refractivity contribution in [2.45, 2.75) is 13.8 Å². The minimum Gasteiger partial charge on any atom is -0.382 e. The molecule has 0 radical (unpaired) electrons. The van der Waals surface area contributed by atoms with Crippen molar-refractivity contribution in [3.63, 3.8) is 0 Å². The van der Waals surface area contributed by atoms with Gasteiger partial charge in [-0.05, 0) is 13.8 Å². The van der Waals surface area contributed by atoms with Gasteiger partial charge in [-0.2, -0.15) is 4.76 Å². The number of halogens is 1. The normalized spacial score (nSPS) is 11.6. The van der Waals surface area contributed by atoms with Crippen LogP contribution in [0.4, 0.5) is 11.6 Å². The summed E-state index contributed by atoms with van der Waals surface area (Å²) >= 11 is 5.67. The molecule has 0 aromatic carbocycles. The topological polar surface area (TPSA) is 167 Å². The first-order chi connectivity index (χ1) is 10.8. The number of hydrazine groups is 1. The fourth-order valence-electron chi connectivity index (χ4n) is 1.30. The van der Waals surface area contributed by atoms with E-state index in [-0.39, 0.29) is 35.7 Å². The van der Waals surface area contributed by atoms with Gasteiger partial charge in [0.2, 0.25) is 0 Å². The number of amides is 1. The summed E-state index contributed by atoms with van der Waals surface area (Å²) in [5.74, 6) is -1.03. The average molecular weight is 366 g/mol. The fourth-order valence-corrected chi connectivity index (χ4v) is 2.48. The summed E-state index contributed by atoms with van der Waals surface area (Å²) in [6.45, 7) is 3.58. The molecule has 0 aliphatic carbocycles. The van der Waals surface area contributed by atoms with E-state index in [1.54, 1.807) is 13.8 Å². The Labute approximate surface area is 137 Å². The smallest absolute Gasteiger partial charge is 0.382 e. The van der Waals surface area contributed by atoms with Crippen LogP contribution < -0.4 is 22.3 Å². The van der Waals surface area contributed by atoms with Gasteiger partial charge in [0.25, 0.3) is 5.91 Å². The van der Waals surface area contributed by atoms with E-state index in [0.717, 1.165) is 6.34 Å². The van der Waals surface area contributed by atoms with Gasteiger partial charge in [0.1, 0.15) is 6.34 Å². The molecule has 1 heterocycles. The molecule has 0 aliphatic heterocycles. The van der Waals surface area contributed by atoms with E-state index in [4.69, 9.17) is 32.1 Å². The highest BCUT2D eigenvalue weighted by atomic mass is 35.5. The first-order valence-electron chi connectivity index (χ1n) is 6.40. The summed E-state index contributed by atoms with van der Waals surface area (Å²) in [6, 6.07) is 0. The maximum atomic E-state index is 12.0. The van der Waals surface area contributed by atoms with Crippen molar-refractivity contribution in [3.8, 4) is 0 Å². The number of rotatable bonds is 8. The van der Waals surface area contributed by atoms with Crippen LogP contribution in [0.5, 0.6) is 0 Å². The molecule has 1 aromatic rings. The molecule has 0 fully saturated rings. The first-order valence-corrected chi connectivity index (χ1v) is 8.27. The van der Waals surface area contributed by atoms with Crippen LogP contribution in [0.25, 0.3) is 0 Å². The maximum Gasteiger partial charge on any atom is 0.455 e. The molecule has 11 nitrogen and oxygen atoms in total. The van der Waals surface area contributed by atoms with Crippen molar-refractivity contribution in [2.24, 2.45) is 4.76 Å². The van der Waals surface area contributed by atoms with Crippen molar-refractivity contribution in [3.05, 3.63) is 10.8 Å². The lowest BCUT2D eigenvalue weighted by Gasteiger charge is -2.11. The van der Waals surface area contributed by atoms with Gasteiger partial charge in [0, 0.05) is 0 Å². The van der Waals surface area contributed by atoms with E-state index in [0.29, 0.717) is 0 Å². The second-order valence-corrected chi connectivity index (χ2v) is 5.82. The van der Waals surface area contributed by atoms with Crippen molar-refractivity contribution >= 4 is 43.2 Å². The van der Waals surface area contributed by atoms with E-state index >= 15 is 0 Å². The Morgan fingerprint density at radius 2 is 1.91 bits per heavy atom. The average Bonchev–Trinajstić information content (AvgIpc) is 2.48. The van der Waals surface area contributed by atoms with Gasteiger partial charge in [-0.25, -0.2) is 14.5 Å². The number of carbonyl (C=O) groups is 1. The summed E-state index contributed by atoms with van der Waals surface area (Å²) < 4.78 is 25.4. The van der Waals surface area contributed by atoms with Crippen LogP contribution in [0, 0.1) is 0 Å². The van der Waals surface area contributed by atoms with Crippen LogP contribution in [0.2, 0.25) is 5.15 Å². The van der Waals surface area contributed by atoms with Crippen LogP contribution in [-0.2, 0) is 13.6 Å². The molecular formula is C10H17ClN7O4P. The summed E-state index contributed by atoms with van der Waals surface area (Å²) in [4.78, 5) is 19.2.